The predicted molar refractivity (Wildman–Crippen MR) is 85.4 cm³/mol. The maximum absolute atomic E-state index is 12.4. The summed E-state index contributed by atoms with van der Waals surface area (Å²) in [7, 11) is 3.70. The lowest BCUT2D eigenvalue weighted by Gasteiger charge is -2.16. The molecule has 8 heteroatoms. The van der Waals surface area contributed by atoms with Gasteiger partial charge in [-0.05, 0) is 19.1 Å². The van der Waals surface area contributed by atoms with E-state index in [2.05, 4.69) is 15.0 Å². The quantitative estimate of drug-likeness (QED) is 0.877. The first kappa shape index (κ1) is 17.1. The van der Waals surface area contributed by atoms with Crippen molar-refractivity contribution in [2.45, 2.75) is 20.1 Å². The van der Waals surface area contributed by atoms with E-state index in [-0.39, 0.29) is 17.2 Å². The van der Waals surface area contributed by atoms with E-state index >= 15 is 0 Å². The van der Waals surface area contributed by atoms with E-state index in [1.165, 1.54) is 6.07 Å². The first-order valence-corrected chi connectivity index (χ1v) is 7.64. The Bertz CT molecular complexity index is 689. The molecule has 2 heterocycles. The smallest absolute Gasteiger partial charge is 0.387 e. The minimum Gasteiger partial charge on any atom is -0.433 e. The zero-order valence-electron chi connectivity index (χ0n) is 13.0. The van der Waals surface area contributed by atoms with E-state index < -0.39 is 12.5 Å². The summed E-state index contributed by atoms with van der Waals surface area (Å²) in [6.45, 7) is -0.995. The molecule has 2 aromatic heterocycles. The third kappa shape index (κ3) is 4.38. The summed E-state index contributed by atoms with van der Waals surface area (Å²) in [4.78, 5) is 19.2. The van der Waals surface area contributed by atoms with Crippen molar-refractivity contribution in [3.05, 3.63) is 39.7 Å². The molecule has 0 bridgehead atoms. The monoisotopic (exact) mass is 341 g/mol. The number of hydrogen-bond acceptors (Lipinski definition) is 5. The van der Waals surface area contributed by atoms with Gasteiger partial charge in [0.15, 0.2) is 0 Å². The standard InChI is InChI=1S/C15H17F2N3O2S/c1-9-7-11(22-15(16)17)12(23-9)14(21)19-8-10-5-4-6-18-13(10)20(2)3/h4-7,15H,8H2,1-3H3,(H,19,21). The minimum atomic E-state index is -2.96. The van der Waals surface area contributed by atoms with Gasteiger partial charge in [-0.15, -0.1) is 11.3 Å². The Balaban J connectivity index is 2.12. The van der Waals surface area contributed by atoms with Gasteiger partial charge in [-0.3, -0.25) is 4.79 Å². The Morgan fingerprint density at radius 1 is 1.48 bits per heavy atom. The lowest BCUT2D eigenvalue weighted by molar-refractivity contribution is -0.0498. The van der Waals surface area contributed by atoms with Crippen LogP contribution >= 0.6 is 11.3 Å². The fourth-order valence-electron chi connectivity index (χ4n) is 2.06. The average Bonchev–Trinajstić information content (AvgIpc) is 2.84. The van der Waals surface area contributed by atoms with Gasteiger partial charge in [0.2, 0.25) is 0 Å². The normalized spacial score (nSPS) is 10.7. The molecule has 0 aliphatic heterocycles. The fourth-order valence-corrected chi connectivity index (χ4v) is 2.92. The van der Waals surface area contributed by atoms with Crippen LogP contribution in [0.3, 0.4) is 0 Å². The molecule has 0 aliphatic carbocycles. The van der Waals surface area contributed by atoms with Gasteiger partial charge in [-0.25, -0.2) is 4.98 Å². The van der Waals surface area contributed by atoms with Crippen LogP contribution in [-0.4, -0.2) is 31.6 Å². The summed E-state index contributed by atoms with van der Waals surface area (Å²) in [5, 5.41) is 2.72. The molecule has 0 spiro atoms. The molecule has 1 amide bonds. The number of aromatic nitrogens is 1. The van der Waals surface area contributed by atoms with Crippen LogP contribution in [0.15, 0.2) is 24.4 Å². The summed E-state index contributed by atoms with van der Waals surface area (Å²) in [6.07, 6.45) is 1.66. The first-order valence-electron chi connectivity index (χ1n) is 6.83. The van der Waals surface area contributed by atoms with Crippen molar-refractivity contribution in [2.75, 3.05) is 19.0 Å². The zero-order chi connectivity index (χ0) is 17.0. The second-order valence-electron chi connectivity index (χ2n) is 4.99. The number of pyridine rings is 1. The second kappa shape index (κ2) is 7.36. The Kier molecular flexibility index (Phi) is 5.49. The SMILES string of the molecule is Cc1cc(OC(F)F)c(C(=O)NCc2cccnc2N(C)C)s1. The molecular formula is C15H17F2N3O2S. The number of rotatable bonds is 6. The summed E-state index contributed by atoms with van der Waals surface area (Å²) < 4.78 is 29.2. The number of nitrogens with zero attached hydrogens (tertiary/aromatic N) is 2. The third-order valence-corrected chi connectivity index (χ3v) is 4.00. The Labute approximate surface area is 136 Å². The zero-order valence-corrected chi connectivity index (χ0v) is 13.8. The predicted octanol–water partition coefficient (Wildman–Crippen LogP) is 3.05. The molecule has 0 aromatic carbocycles. The van der Waals surface area contributed by atoms with Gasteiger partial charge in [0, 0.05) is 37.3 Å². The van der Waals surface area contributed by atoms with Gasteiger partial charge in [-0.2, -0.15) is 8.78 Å². The summed E-state index contributed by atoms with van der Waals surface area (Å²) >= 11 is 1.11. The van der Waals surface area contributed by atoms with Gasteiger partial charge < -0.3 is 15.0 Å². The summed E-state index contributed by atoms with van der Waals surface area (Å²) in [6, 6.07) is 5.05. The van der Waals surface area contributed by atoms with E-state index in [0.717, 1.165) is 27.6 Å². The highest BCUT2D eigenvalue weighted by Crippen LogP contribution is 2.30. The number of ether oxygens (including phenoxy) is 1. The maximum Gasteiger partial charge on any atom is 0.387 e. The van der Waals surface area contributed by atoms with Crippen LogP contribution in [0.4, 0.5) is 14.6 Å². The molecule has 0 atom stereocenters. The van der Waals surface area contributed by atoms with Gasteiger partial charge in [-0.1, -0.05) is 6.07 Å². The topological polar surface area (TPSA) is 54.5 Å². The summed E-state index contributed by atoms with van der Waals surface area (Å²) in [5.74, 6) is 0.186. The van der Waals surface area contributed by atoms with Crippen LogP contribution in [0, 0.1) is 6.92 Å². The molecule has 0 unspecified atom stereocenters. The molecule has 0 radical (unpaired) electrons. The second-order valence-corrected chi connectivity index (χ2v) is 6.25. The molecule has 0 fully saturated rings. The van der Waals surface area contributed by atoms with Crippen molar-refractivity contribution in [1.29, 1.82) is 0 Å². The summed E-state index contributed by atoms with van der Waals surface area (Å²) in [5.41, 5.74) is 0.829. The molecule has 0 saturated carbocycles. The highest BCUT2D eigenvalue weighted by Gasteiger charge is 2.19. The number of aryl methyl sites for hydroxylation is 1. The molecule has 0 saturated heterocycles. The van der Waals surface area contributed by atoms with Gasteiger partial charge >= 0.3 is 6.61 Å². The minimum absolute atomic E-state index is 0.0981. The van der Waals surface area contributed by atoms with E-state index in [1.807, 2.05) is 25.1 Å². The third-order valence-electron chi connectivity index (χ3n) is 2.97. The van der Waals surface area contributed by atoms with Gasteiger partial charge in [0.05, 0.1) is 0 Å². The molecule has 2 aromatic rings. The molecular weight excluding hydrogens is 324 g/mol. The maximum atomic E-state index is 12.4. The van der Waals surface area contributed by atoms with Crippen LogP contribution in [0.2, 0.25) is 0 Å². The van der Waals surface area contributed by atoms with Crippen molar-refractivity contribution in [3.8, 4) is 5.75 Å². The number of hydrogen-bond donors (Lipinski definition) is 1. The van der Waals surface area contributed by atoms with E-state index in [1.54, 1.807) is 19.2 Å². The van der Waals surface area contributed by atoms with E-state index in [9.17, 15) is 13.6 Å². The van der Waals surface area contributed by atoms with E-state index in [0.29, 0.717) is 0 Å². The Morgan fingerprint density at radius 3 is 2.87 bits per heavy atom. The molecule has 23 heavy (non-hydrogen) atoms. The number of halogens is 2. The molecule has 2 rings (SSSR count). The number of amides is 1. The van der Waals surface area contributed by atoms with Gasteiger partial charge in [0.25, 0.3) is 5.91 Å². The van der Waals surface area contributed by atoms with Crippen LogP contribution < -0.4 is 15.0 Å². The van der Waals surface area contributed by atoms with Crippen LogP contribution in [-0.2, 0) is 6.54 Å². The van der Waals surface area contributed by atoms with Crippen LogP contribution in [0.5, 0.6) is 5.75 Å². The Hall–Kier alpha value is -2.22. The van der Waals surface area contributed by atoms with Crippen molar-refractivity contribution in [2.24, 2.45) is 0 Å². The van der Waals surface area contributed by atoms with Crippen molar-refractivity contribution < 1.29 is 18.3 Å². The molecule has 0 aliphatic rings. The average molecular weight is 341 g/mol. The van der Waals surface area contributed by atoms with E-state index in [4.69, 9.17) is 0 Å². The number of alkyl halides is 2. The van der Waals surface area contributed by atoms with Crippen LogP contribution in [0.25, 0.3) is 0 Å². The fraction of sp³-hybridized carbons (Fsp3) is 0.333. The number of thiophene rings is 1. The Morgan fingerprint density at radius 2 is 2.22 bits per heavy atom. The highest BCUT2D eigenvalue weighted by atomic mass is 32.1. The van der Waals surface area contributed by atoms with Crippen LogP contribution in [0.1, 0.15) is 20.1 Å². The van der Waals surface area contributed by atoms with Crippen molar-refractivity contribution in [1.82, 2.24) is 10.3 Å². The number of anilines is 1. The largest absolute Gasteiger partial charge is 0.433 e. The number of carbonyl (C=O) groups excluding carboxylic acids is 1. The lowest BCUT2D eigenvalue weighted by atomic mass is 10.2. The lowest BCUT2D eigenvalue weighted by Crippen LogP contribution is -2.24. The molecule has 5 nitrogen and oxygen atoms in total. The first-order chi connectivity index (χ1) is 10.9. The van der Waals surface area contributed by atoms with Gasteiger partial charge in [0.1, 0.15) is 16.4 Å². The molecule has 124 valence electrons. The van der Waals surface area contributed by atoms with Crippen molar-refractivity contribution in [3.63, 3.8) is 0 Å². The van der Waals surface area contributed by atoms with Crippen molar-refractivity contribution >= 4 is 23.1 Å². The molecule has 1 N–H and O–H groups in total. The number of carbonyl (C=O) groups is 1. The number of nitrogens with one attached hydrogen (secondary N) is 1. The highest BCUT2D eigenvalue weighted by molar-refractivity contribution is 7.14.